The molecule has 1 aliphatic rings. The number of methoxy groups -OCH3 is 3. The van der Waals surface area contributed by atoms with Crippen LogP contribution in [0.3, 0.4) is 0 Å². The number of urea groups is 1. The molecular formula is C25H33N3O5. The average molecular weight is 456 g/mol. The molecule has 1 heterocycles. The summed E-state index contributed by atoms with van der Waals surface area (Å²) in [5.41, 5.74) is 2.79. The summed E-state index contributed by atoms with van der Waals surface area (Å²) in [6.45, 7) is 4.96. The maximum Gasteiger partial charge on any atom is 0.318 e. The molecule has 2 N–H and O–H groups in total. The van der Waals surface area contributed by atoms with E-state index in [1.54, 1.807) is 50.5 Å². The van der Waals surface area contributed by atoms with Crippen LogP contribution < -0.4 is 24.8 Å². The SMILES string of the molecule is CCC(C)[C@H](NC(=O)N1CCc2cc(OC)c(OC)cc2C1)C(=O)Nc1ccc(OC)cc1. The Hall–Kier alpha value is -3.42. The van der Waals surface area contributed by atoms with E-state index in [0.29, 0.717) is 42.4 Å². The summed E-state index contributed by atoms with van der Waals surface area (Å²) in [7, 11) is 4.79. The topological polar surface area (TPSA) is 89.1 Å². The van der Waals surface area contributed by atoms with Gasteiger partial charge in [0.05, 0.1) is 21.3 Å². The third-order valence-corrected chi connectivity index (χ3v) is 6.14. The van der Waals surface area contributed by atoms with Crippen molar-refractivity contribution in [1.29, 1.82) is 0 Å². The van der Waals surface area contributed by atoms with Gasteiger partial charge in [0, 0.05) is 18.8 Å². The highest BCUT2D eigenvalue weighted by molar-refractivity contribution is 5.97. The normalized spacial score (nSPS) is 14.5. The summed E-state index contributed by atoms with van der Waals surface area (Å²) in [5, 5.41) is 5.86. The zero-order chi connectivity index (χ0) is 24.0. The van der Waals surface area contributed by atoms with Gasteiger partial charge < -0.3 is 29.7 Å². The largest absolute Gasteiger partial charge is 0.497 e. The molecule has 8 heteroatoms. The molecule has 1 unspecified atom stereocenters. The summed E-state index contributed by atoms with van der Waals surface area (Å²) < 4.78 is 16.0. The molecule has 0 aliphatic carbocycles. The number of benzene rings is 2. The van der Waals surface area contributed by atoms with Gasteiger partial charge in [0.15, 0.2) is 11.5 Å². The minimum Gasteiger partial charge on any atom is -0.497 e. The minimum atomic E-state index is -0.656. The van der Waals surface area contributed by atoms with E-state index < -0.39 is 6.04 Å². The summed E-state index contributed by atoms with van der Waals surface area (Å²) in [5.74, 6) is 1.75. The highest BCUT2D eigenvalue weighted by Gasteiger charge is 2.30. The van der Waals surface area contributed by atoms with Crippen molar-refractivity contribution in [3.05, 3.63) is 47.5 Å². The first-order valence-corrected chi connectivity index (χ1v) is 11.1. The quantitative estimate of drug-likeness (QED) is 0.632. The van der Waals surface area contributed by atoms with Crippen LogP contribution in [0.15, 0.2) is 36.4 Å². The standard InChI is InChI=1S/C25H33N3O5/c1-6-16(2)23(24(29)26-19-7-9-20(31-3)10-8-19)27-25(30)28-12-11-17-13-21(32-4)22(33-5)14-18(17)15-28/h7-10,13-14,16,23H,6,11-12,15H2,1-5H3,(H,26,29)(H,27,30)/t16?,23-/m0/s1. The number of anilines is 1. The molecule has 0 fully saturated rings. The van der Waals surface area contributed by atoms with Crippen molar-refractivity contribution in [1.82, 2.24) is 10.2 Å². The first-order valence-electron chi connectivity index (χ1n) is 11.1. The van der Waals surface area contributed by atoms with E-state index in [4.69, 9.17) is 14.2 Å². The van der Waals surface area contributed by atoms with E-state index in [1.165, 1.54) is 0 Å². The lowest BCUT2D eigenvalue weighted by atomic mass is 9.97. The van der Waals surface area contributed by atoms with Crippen LogP contribution in [0.5, 0.6) is 17.2 Å². The number of carbonyl (C=O) groups is 2. The van der Waals surface area contributed by atoms with E-state index in [2.05, 4.69) is 10.6 Å². The first-order chi connectivity index (χ1) is 15.9. The van der Waals surface area contributed by atoms with Crippen LogP contribution in [0.2, 0.25) is 0 Å². The fourth-order valence-electron chi connectivity index (χ4n) is 3.88. The van der Waals surface area contributed by atoms with Crippen LogP contribution in [0, 0.1) is 5.92 Å². The van der Waals surface area contributed by atoms with Crippen LogP contribution in [-0.4, -0.2) is 50.8 Å². The lowest BCUT2D eigenvalue weighted by Crippen LogP contribution is -2.53. The van der Waals surface area contributed by atoms with Gasteiger partial charge in [0.1, 0.15) is 11.8 Å². The molecule has 178 valence electrons. The Labute approximate surface area is 195 Å². The van der Waals surface area contributed by atoms with E-state index in [1.807, 2.05) is 26.0 Å². The second-order valence-electron chi connectivity index (χ2n) is 8.18. The molecule has 1 aliphatic heterocycles. The lowest BCUT2D eigenvalue weighted by molar-refractivity contribution is -0.119. The molecule has 0 radical (unpaired) electrons. The molecule has 0 saturated heterocycles. The van der Waals surface area contributed by atoms with Gasteiger partial charge in [-0.2, -0.15) is 0 Å². The van der Waals surface area contributed by atoms with Crippen molar-refractivity contribution < 1.29 is 23.8 Å². The smallest absolute Gasteiger partial charge is 0.318 e. The van der Waals surface area contributed by atoms with Crippen molar-refractivity contribution in [2.75, 3.05) is 33.2 Å². The molecule has 2 atom stereocenters. The van der Waals surface area contributed by atoms with Gasteiger partial charge in [0.25, 0.3) is 0 Å². The maximum absolute atomic E-state index is 13.1. The Kier molecular flexibility index (Phi) is 8.03. The van der Waals surface area contributed by atoms with Gasteiger partial charge in [-0.1, -0.05) is 20.3 Å². The van der Waals surface area contributed by atoms with E-state index in [-0.39, 0.29) is 17.9 Å². The number of nitrogens with one attached hydrogen (secondary N) is 2. The molecule has 3 rings (SSSR count). The second kappa shape index (κ2) is 10.9. The number of rotatable bonds is 8. The molecule has 8 nitrogen and oxygen atoms in total. The Morgan fingerprint density at radius 1 is 1.00 bits per heavy atom. The van der Waals surface area contributed by atoms with Crippen molar-refractivity contribution in [2.24, 2.45) is 5.92 Å². The molecule has 2 aromatic rings. The Morgan fingerprint density at radius 3 is 2.21 bits per heavy atom. The predicted molar refractivity (Wildman–Crippen MR) is 127 cm³/mol. The molecule has 0 saturated carbocycles. The zero-order valence-corrected chi connectivity index (χ0v) is 19.9. The van der Waals surface area contributed by atoms with Gasteiger partial charge in [-0.15, -0.1) is 0 Å². The van der Waals surface area contributed by atoms with Crippen molar-refractivity contribution >= 4 is 17.6 Å². The Bertz CT molecular complexity index is 977. The molecule has 0 bridgehead atoms. The Morgan fingerprint density at radius 2 is 1.64 bits per heavy atom. The molecular weight excluding hydrogens is 422 g/mol. The number of nitrogens with zero attached hydrogens (tertiary/aromatic N) is 1. The summed E-state index contributed by atoms with van der Waals surface area (Å²) in [6.07, 6.45) is 1.45. The van der Waals surface area contributed by atoms with Gasteiger partial charge in [-0.25, -0.2) is 4.79 Å². The molecule has 3 amide bonds. The lowest BCUT2D eigenvalue weighted by Gasteiger charge is -2.32. The van der Waals surface area contributed by atoms with Gasteiger partial charge >= 0.3 is 6.03 Å². The van der Waals surface area contributed by atoms with E-state index in [9.17, 15) is 9.59 Å². The summed E-state index contributed by atoms with van der Waals surface area (Å²) >= 11 is 0. The third kappa shape index (κ3) is 5.69. The van der Waals surface area contributed by atoms with Crippen molar-refractivity contribution in [3.63, 3.8) is 0 Å². The monoisotopic (exact) mass is 455 g/mol. The number of fused-ring (bicyclic) bond motifs is 1. The molecule has 33 heavy (non-hydrogen) atoms. The molecule has 0 spiro atoms. The Balaban J connectivity index is 1.70. The van der Waals surface area contributed by atoms with Crippen LogP contribution in [0.1, 0.15) is 31.4 Å². The highest BCUT2D eigenvalue weighted by atomic mass is 16.5. The minimum absolute atomic E-state index is 0.0337. The fraction of sp³-hybridized carbons (Fsp3) is 0.440. The number of hydrogen-bond acceptors (Lipinski definition) is 5. The van der Waals surface area contributed by atoms with E-state index in [0.717, 1.165) is 17.5 Å². The number of ether oxygens (including phenoxy) is 3. The second-order valence-corrected chi connectivity index (χ2v) is 8.18. The van der Waals surface area contributed by atoms with Crippen LogP contribution >= 0.6 is 0 Å². The molecule has 2 aromatic carbocycles. The van der Waals surface area contributed by atoms with Gasteiger partial charge in [0.2, 0.25) is 5.91 Å². The number of hydrogen-bond donors (Lipinski definition) is 2. The van der Waals surface area contributed by atoms with E-state index >= 15 is 0 Å². The molecule has 0 aromatic heterocycles. The van der Waals surface area contributed by atoms with Crippen LogP contribution in [-0.2, 0) is 17.8 Å². The van der Waals surface area contributed by atoms with Gasteiger partial charge in [-0.05, 0) is 59.9 Å². The number of carbonyl (C=O) groups excluding carboxylic acids is 2. The highest BCUT2D eigenvalue weighted by Crippen LogP contribution is 2.33. The van der Waals surface area contributed by atoms with Crippen molar-refractivity contribution in [3.8, 4) is 17.2 Å². The van der Waals surface area contributed by atoms with Crippen LogP contribution in [0.4, 0.5) is 10.5 Å². The summed E-state index contributed by atoms with van der Waals surface area (Å²) in [6, 6.07) is 10.1. The average Bonchev–Trinajstić information content (AvgIpc) is 2.85. The summed E-state index contributed by atoms with van der Waals surface area (Å²) in [4.78, 5) is 27.9. The number of amides is 3. The fourth-order valence-corrected chi connectivity index (χ4v) is 3.88. The maximum atomic E-state index is 13.1. The van der Waals surface area contributed by atoms with Crippen LogP contribution in [0.25, 0.3) is 0 Å². The first kappa shape index (κ1) is 24.2. The zero-order valence-electron chi connectivity index (χ0n) is 19.9. The van der Waals surface area contributed by atoms with Gasteiger partial charge in [-0.3, -0.25) is 4.79 Å². The predicted octanol–water partition coefficient (Wildman–Crippen LogP) is 3.83. The third-order valence-electron chi connectivity index (χ3n) is 6.14. The van der Waals surface area contributed by atoms with Crippen molar-refractivity contribution in [2.45, 2.75) is 39.3 Å².